The van der Waals surface area contributed by atoms with Crippen LogP contribution in [0.4, 0.5) is 0 Å². The van der Waals surface area contributed by atoms with Crippen LogP contribution in [0.2, 0.25) is 5.02 Å². The third-order valence-electron chi connectivity index (χ3n) is 2.88. The predicted molar refractivity (Wildman–Crippen MR) is 82.4 cm³/mol. The summed E-state index contributed by atoms with van der Waals surface area (Å²) in [5.74, 6) is 0.930. The van der Waals surface area contributed by atoms with E-state index in [0.29, 0.717) is 36.4 Å². The minimum Gasteiger partial charge on any atom is -0.506 e. The van der Waals surface area contributed by atoms with Gasteiger partial charge in [-0.1, -0.05) is 11.6 Å². The Bertz CT molecular complexity index is 643. The van der Waals surface area contributed by atoms with Crippen LogP contribution in [0.3, 0.4) is 0 Å². The molecule has 0 saturated carbocycles. The average Bonchev–Trinajstić information content (AvgIpc) is 2.42. The lowest BCUT2D eigenvalue weighted by Crippen LogP contribution is -1.96. The lowest BCUT2D eigenvalue weighted by molar-refractivity contribution is 0.280. The largest absolute Gasteiger partial charge is 0.506 e. The number of aliphatic hydroxyl groups excluding tert-OH is 1. The molecule has 2 rings (SSSR count). The maximum atomic E-state index is 10.3. The summed E-state index contributed by atoms with van der Waals surface area (Å²) < 4.78 is 11.1. The fourth-order valence-corrected chi connectivity index (χ4v) is 2.85. The first-order chi connectivity index (χ1) is 9.04. The fraction of sp³-hybridized carbons (Fsp3) is 0.231. The van der Waals surface area contributed by atoms with E-state index in [1.807, 2.05) is 22.6 Å². The first kappa shape index (κ1) is 14.5. The summed E-state index contributed by atoms with van der Waals surface area (Å²) in [6, 6.07) is 3.38. The summed E-state index contributed by atoms with van der Waals surface area (Å²) in [4.78, 5) is 0. The molecule has 2 aromatic carbocycles. The van der Waals surface area contributed by atoms with Crippen molar-refractivity contribution in [3.05, 3.63) is 26.3 Å². The van der Waals surface area contributed by atoms with Gasteiger partial charge in [-0.3, -0.25) is 0 Å². The first-order valence-electron chi connectivity index (χ1n) is 5.40. The highest BCUT2D eigenvalue weighted by Crippen LogP contribution is 2.46. The Labute approximate surface area is 129 Å². The molecule has 0 heterocycles. The molecule has 0 atom stereocenters. The standard InChI is InChI=1S/C13H12ClIO4/c1-18-9-4-8(14)13(19-2)10-7(9)3-6(5-16)11(15)12(10)17/h3-4,16-17H,5H2,1-2H3. The van der Waals surface area contributed by atoms with Crippen molar-refractivity contribution in [2.24, 2.45) is 0 Å². The Hall–Kier alpha value is -0.920. The van der Waals surface area contributed by atoms with Gasteiger partial charge in [0.1, 0.15) is 17.2 Å². The van der Waals surface area contributed by atoms with E-state index < -0.39 is 0 Å². The molecule has 0 bridgehead atoms. The zero-order chi connectivity index (χ0) is 14.2. The Morgan fingerprint density at radius 3 is 2.47 bits per heavy atom. The number of rotatable bonds is 3. The Kier molecular flexibility index (Phi) is 4.27. The van der Waals surface area contributed by atoms with Gasteiger partial charge in [0, 0.05) is 11.5 Å². The second kappa shape index (κ2) is 5.60. The number of halogens is 2. The van der Waals surface area contributed by atoms with Gasteiger partial charge in [0.05, 0.1) is 34.8 Å². The highest BCUT2D eigenvalue weighted by molar-refractivity contribution is 14.1. The van der Waals surface area contributed by atoms with Crippen LogP contribution in [0.5, 0.6) is 17.2 Å². The van der Waals surface area contributed by atoms with Crippen LogP contribution in [0.15, 0.2) is 12.1 Å². The summed E-state index contributed by atoms with van der Waals surface area (Å²) in [7, 11) is 3.00. The van der Waals surface area contributed by atoms with Gasteiger partial charge in [0.15, 0.2) is 0 Å². The van der Waals surface area contributed by atoms with E-state index in [2.05, 4.69) is 0 Å². The molecule has 0 amide bonds. The fourth-order valence-electron chi connectivity index (χ4n) is 1.98. The molecule has 0 aliphatic heterocycles. The SMILES string of the molecule is COc1cc(Cl)c(OC)c2c(O)c(I)c(CO)cc12. The second-order valence-electron chi connectivity index (χ2n) is 3.87. The van der Waals surface area contributed by atoms with Crippen molar-refractivity contribution in [1.29, 1.82) is 0 Å². The highest BCUT2D eigenvalue weighted by Gasteiger charge is 2.19. The number of aliphatic hydroxyl groups is 1. The second-order valence-corrected chi connectivity index (χ2v) is 5.36. The quantitative estimate of drug-likeness (QED) is 0.784. The predicted octanol–water partition coefficient (Wildman–Crippen LogP) is 3.31. The van der Waals surface area contributed by atoms with E-state index in [1.54, 1.807) is 12.1 Å². The Morgan fingerprint density at radius 2 is 1.95 bits per heavy atom. The van der Waals surface area contributed by atoms with Gasteiger partial charge in [-0.15, -0.1) is 0 Å². The lowest BCUT2D eigenvalue weighted by atomic mass is 10.0. The van der Waals surface area contributed by atoms with Crippen LogP contribution in [-0.2, 0) is 6.61 Å². The molecule has 0 fully saturated rings. The van der Waals surface area contributed by atoms with Gasteiger partial charge in [0.25, 0.3) is 0 Å². The van der Waals surface area contributed by atoms with Gasteiger partial charge in [-0.25, -0.2) is 0 Å². The zero-order valence-corrected chi connectivity index (χ0v) is 13.2. The van der Waals surface area contributed by atoms with Crippen molar-refractivity contribution in [1.82, 2.24) is 0 Å². The van der Waals surface area contributed by atoms with E-state index >= 15 is 0 Å². The molecule has 4 nitrogen and oxygen atoms in total. The molecule has 102 valence electrons. The minimum absolute atomic E-state index is 0.0276. The molecule has 0 unspecified atom stereocenters. The third kappa shape index (κ3) is 2.30. The van der Waals surface area contributed by atoms with Crippen molar-refractivity contribution in [2.75, 3.05) is 14.2 Å². The molecule has 0 saturated heterocycles. The number of hydrogen-bond donors (Lipinski definition) is 2. The summed E-state index contributed by atoms with van der Waals surface area (Å²) >= 11 is 8.09. The number of hydrogen-bond acceptors (Lipinski definition) is 4. The van der Waals surface area contributed by atoms with E-state index in [-0.39, 0.29) is 12.4 Å². The van der Waals surface area contributed by atoms with Crippen molar-refractivity contribution < 1.29 is 19.7 Å². The van der Waals surface area contributed by atoms with E-state index in [9.17, 15) is 10.2 Å². The smallest absolute Gasteiger partial charge is 0.149 e. The lowest BCUT2D eigenvalue weighted by Gasteiger charge is -2.15. The molecule has 0 spiro atoms. The topological polar surface area (TPSA) is 58.9 Å². The van der Waals surface area contributed by atoms with Crippen LogP contribution >= 0.6 is 34.2 Å². The van der Waals surface area contributed by atoms with Gasteiger partial charge >= 0.3 is 0 Å². The molecule has 19 heavy (non-hydrogen) atoms. The molecular weight excluding hydrogens is 382 g/mol. The number of methoxy groups -OCH3 is 2. The molecule has 6 heteroatoms. The van der Waals surface area contributed by atoms with Gasteiger partial charge < -0.3 is 19.7 Å². The average molecular weight is 395 g/mol. The van der Waals surface area contributed by atoms with Crippen molar-refractivity contribution in [3.8, 4) is 17.2 Å². The van der Waals surface area contributed by atoms with Crippen LogP contribution < -0.4 is 9.47 Å². The van der Waals surface area contributed by atoms with Crippen LogP contribution in [-0.4, -0.2) is 24.4 Å². The number of fused-ring (bicyclic) bond motifs is 1. The summed E-state index contributed by atoms with van der Waals surface area (Å²) in [6.07, 6.45) is 0. The van der Waals surface area contributed by atoms with Crippen LogP contribution in [0.1, 0.15) is 5.56 Å². The Morgan fingerprint density at radius 1 is 1.26 bits per heavy atom. The van der Waals surface area contributed by atoms with Crippen molar-refractivity contribution in [2.45, 2.75) is 6.61 Å². The molecule has 2 aromatic rings. The summed E-state index contributed by atoms with van der Waals surface area (Å²) in [5.41, 5.74) is 0.619. The number of ether oxygens (including phenoxy) is 2. The molecular formula is C13H12ClIO4. The van der Waals surface area contributed by atoms with Crippen molar-refractivity contribution >= 4 is 45.0 Å². The van der Waals surface area contributed by atoms with E-state index in [0.717, 1.165) is 0 Å². The molecule has 0 aromatic heterocycles. The number of aromatic hydroxyl groups is 1. The third-order valence-corrected chi connectivity index (χ3v) is 4.36. The zero-order valence-electron chi connectivity index (χ0n) is 10.3. The summed E-state index contributed by atoms with van der Waals surface area (Å²) in [6.45, 7) is -0.171. The number of phenols is 1. The van der Waals surface area contributed by atoms with E-state index in [4.69, 9.17) is 21.1 Å². The Balaban J connectivity index is 3.00. The van der Waals surface area contributed by atoms with E-state index in [1.165, 1.54) is 14.2 Å². The van der Waals surface area contributed by atoms with Gasteiger partial charge in [-0.05, 0) is 34.2 Å². The summed E-state index contributed by atoms with van der Waals surface area (Å²) in [5, 5.41) is 21.1. The highest BCUT2D eigenvalue weighted by atomic mass is 127. The molecule has 2 N–H and O–H groups in total. The van der Waals surface area contributed by atoms with Crippen LogP contribution in [0, 0.1) is 3.57 Å². The number of benzene rings is 2. The monoisotopic (exact) mass is 394 g/mol. The maximum Gasteiger partial charge on any atom is 0.149 e. The first-order valence-corrected chi connectivity index (χ1v) is 6.86. The van der Waals surface area contributed by atoms with Gasteiger partial charge in [0.2, 0.25) is 0 Å². The van der Waals surface area contributed by atoms with Gasteiger partial charge in [-0.2, -0.15) is 0 Å². The molecule has 0 aliphatic rings. The number of phenolic OH excluding ortho intramolecular Hbond substituents is 1. The maximum absolute atomic E-state index is 10.3. The molecule has 0 aliphatic carbocycles. The minimum atomic E-state index is -0.171. The molecule has 0 radical (unpaired) electrons. The normalized spacial score (nSPS) is 10.8. The van der Waals surface area contributed by atoms with Crippen molar-refractivity contribution in [3.63, 3.8) is 0 Å². The van der Waals surface area contributed by atoms with Crippen LogP contribution in [0.25, 0.3) is 10.8 Å².